The van der Waals surface area contributed by atoms with Gasteiger partial charge in [0, 0.05) is 24.4 Å². The molecular weight excluding hydrogens is 432 g/mol. The molecule has 0 bridgehead atoms. The average molecular weight is 471 g/mol. The largest absolute Gasteiger partial charge is 0.393 e. The van der Waals surface area contributed by atoms with Crippen molar-refractivity contribution in [2.45, 2.75) is 91.2 Å². The van der Waals surface area contributed by atoms with Crippen LogP contribution in [0.3, 0.4) is 0 Å². The summed E-state index contributed by atoms with van der Waals surface area (Å²) < 4.78 is 0. The Morgan fingerprint density at radius 3 is 2.39 bits per heavy atom. The highest BCUT2D eigenvalue weighted by molar-refractivity contribution is 7.16. The van der Waals surface area contributed by atoms with Gasteiger partial charge in [-0.1, -0.05) is 18.8 Å². The molecule has 2 aromatic heterocycles. The fourth-order valence-corrected chi connectivity index (χ4v) is 5.90. The molecule has 6 nitrogen and oxygen atoms in total. The van der Waals surface area contributed by atoms with Gasteiger partial charge in [0.1, 0.15) is 0 Å². The Labute approximate surface area is 201 Å². The number of rotatable bonds is 4. The minimum Gasteiger partial charge on any atom is -0.393 e. The number of aryl methyl sites for hydroxylation is 1. The summed E-state index contributed by atoms with van der Waals surface area (Å²) in [5, 5.41) is 17.9. The molecule has 2 saturated carbocycles. The molecule has 7 heteroatoms. The predicted molar refractivity (Wildman–Crippen MR) is 134 cm³/mol. The number of nitrogens with zero attached hydrogens (tertiary/aromatic N) is 3. The van der Waals surface area contributed by atoms with Gasteiger partial charge in [-0.2, -0.15) is 0 Å². The molecule has 180 valence electrons. The van der Waals surface area contributed by atoms with Gasteiger partial charge in [0.15, 0.2) is 5.82 Å². The van der Waals surface area contributed by atoms with Crippen molar-refractivity contribution in [2.75, 3.05) is 4.90 Å². The van der Waals surface area contributed by atoms with E-state index in [9.17, 15) is 9.90 Å². The van der Waals surface area contributed by atoms with Crippen LogP contribution in [-0.2, 0) is 11.8 Å². The lowest BCUT2D eigenvalue weighted by atomic mass is 9.81. The van der Waals surface area contributed by atoms with Crippen molar-refractivity contribution in [3.8, 4) is 22.5 Å². The van der Waals surface area contributed by atoms with Crippen molar-refractivity contribution >= 4 is 22.9 Å². The molecule has 0 aliphatic heterocycles. The van der Waals surface area contributed by atoms with Gasteiger partial charge in [0.25, 0.3) is 0 Å². The number of aliphatic hydroxyl groups excluding tert-OH is 1. The highest BCUT2D eigenvalue weighted by atomic mass is 32.1. The van der Waals surface area contributed by atoms with E-state index >= 15 is 0 Å². The van der Waals surface area contributed by atoms with Crippen molar-refractivity contribution < 1.29 is 9.90 Å². The van der Waals surface area contributed by atoms with Crippen LogP contribution in [0, 0.1) is 29.1 Å². The number of aliphatic hydroxyl groups is 1. The summed E-state index contributed by atoms with van der Waals surface area (Å²) in [6.07, 6.45) is 7.05. The van der Waals surface area contributed by atoms with Crippen LogP contribution in [0.15, 0.2) is 6.07 Å². The first kappa shape index (κ1) is 24.1. The molecule has 2 fully saturated rings. The van der Waals surface area contributed by atoms with Crippen LogP contribution < -0.4 is 4.90 Å². The molecule has 2 heterocycles. The van der Waals surface area contributed by atoms with Gasteiger partial charge in [0.05, 0.1) is 21.5 Å². The molecule has 0 atom stereocenters. The molecule has 2 aromatic rings. The first-order valence-corrected chi connectivity index (χ1v) is 13.2. The fourth-order valence-electron chi connectivity index (χ4n) is 4.96. The lowest BCUT2D eigenvalue weighted by Crippen LogP contribution is -2.46. The summed E-state index contributed by atoms with van der Waals surface area (Å²) in [4.78, 5) is 19.7. The number of H-pyrrole nitrogens is 1. The molecule has 0 aromatic carbocycles. The molecule has 0 unspecified atom stereocenters. The highest BCUT2D eigenvalue weighted by Gasteiger charge is 2.37. The third-order valence-corrected chi connectivity index (χ3v) is 7.95. The number of anilines is 1. The zero-order valence-corrected chi connectivity index (χ0v) is 21.5. The van der Waals surface area contributed by atoms with Crippen molar-refractivity contribution in [2.24, 2.45) is 24.3 Å². The quantitative estimate of drug-likeness (QED) is 0.593. The molecule has 2 aliphatic carbocycles. The molecule has 0 radical (unpaired) electrons. The number of amides is 1. The van der Waals surface area contributed by atoms with Crippen LogP contribution in [-0.4, -0.2) is 38.2 Å². The topological polar surface area (TPSA) is 74.2 Å². The van der Waals surface area contributed by atoms with E-state index in [-0.39, 0.29) is 29.4 Å². The second-order valence-corrected chi connectivity index (χ2v) is 12.1. The standard InChI is InChI=1S/C26H38N4O2S/c1-17-6-8-18(9-7-17)25(32)30(19-10-12-20(31)13-11-19)22-16-21(14-15-26(2,3)4)33-23(22)24-27-29(5)28-24/h16-20,31H,6-13H2,1-5H3,(H,27,28). The number of aromatic nitrogens is 3. The third kappa shape index (κ3) is 5.73. The number of hydrogen-bond acceptors (Lipinski definition) is 4. The van der Waals surface area contributed by atoms with Gasteiger partial charge in [-0.25, -0.2) is 4.80 Å². The highest BCUT2D eigenvalue weighted by Crippen LogP contribution is 2.42. The smallest absolute Gasteiger partial charge is 0.230 e. The lowest BCUT2D eigenvalue weighted by Gasteiger charge is -2.39. The van der Waals surface area contributed by atoms with Crippen molar-refractivity contribution in [3.63, 3.8) is 0 Å². The van der Waals surface area contributed by atoms with E-state index in [4.69, 9.17) is 0 Å². The fraction of sp³-hybridized carbons (Fsp3) is 0.692. The molecule has 2 aliphatic rings. The summed E-state index contributed by atoms with van der Waals surface area (Å²) in [6.45, 7) is 8.61. The summed E-state index contributed by atoms with van der Waals surface area (Å²) in [6, 6.07) is 2.20. The van der Waals surface area contributed by atoms with Gasteiger partial charge in [-0.3, -0.25) is 9.89 Å². The SMILES string of the molecule is CC1CCC(C(=O)N(c2cc(C#CC(C)(C)C)sc2-c2nn(C)[nH]2)C2CCC(O)CC2)CC1. The van der Waals surface area contributed by atoms with Gasteiger partial charge < -0.3 is 10.0 Å². The summed E-state index contributed by atoms with van der Waals surface area (Å²) in [7, 11) is 1.87. The number of carbonyl (C=O) groups excluding carboxylic acids is 1. The van der Waals surface area contributed by atoms with E-state index in [2.05, 4.69) is 60.7 Å². The van der Waals surface area contributed by atoms with E-state index in [1.54, 1.807) is 16.1 Å². The van der Waals surface area contributed by atoms with Crippen LogP contribution in [0.4, 0.5) is 5.69 Å². The molecule has 0 saturated heterocycles. The number of aromatic amines is 1. The number of thiophene rings is 1. The maximum atomic E-state index is 14.0. The zero-order chi connectivity index (χ0) is 23.8. The maximum absolute atomic E-state index is 14.0. The molecule has 1 amide bonds. The van der Waals surface area contributed by atoms with Crippen molar-refractivity contribution in [1.82, 2.24) is 15.0 Å². The van der Waals surface area contributed by atoms with E-state index < -0.39 is 0 Å². The van der Waals surface area contributed by atoms with Crippen molar-refractivity contribution in [3.05, 3.63) is 10.9 Å². The van der Waals surface area contributed by atoms with Crippen LogP contribution in [0.1, 0.15) is 83.9 Å². The summed E-state index contributed by atoms with van der Waals surface area (Å²) >= 11 is 1.61. The van der Waals surface area contributed by atoms with Crippen LogP contribution in [0.25, 0.3) is 10.7 Å². The minimum atomic E-state index is -0.254. The normalized spacial score (nSPS) is 26.0. The van der Waals surface area contributed by atoms with Gasteiger partial charge >= 0.3 is 0 Å². The zero-order valence-electron chi connectivity index (χ0n) is 20.6. The van der Waals surface area contributed by atoms with E-state index in [1.165, 1.54) is 0 Å². The average Bonchev–Trinajstić information content (AvgIpc) is 3.15. The van der Waals surface area contributed by atoms with Crippen LogP contribution in [0.2, 0.25) is 0 Å². The molecule has 4 rings (SSSR count). The van der Waals surface area contributed by atoms with E-state index in [0.29, 0.717) is 5.92 Å². The lowest BCUT2D eigenvalue weighted by molar-refractivity contribution is -0.124. The second kappa shape index (κ2) is 9.68. The first-order valence-electron chi connectivity index (χ1n) is 12.4. The number of hydrogen-bond donors (Lipinski definition) is 2. The Hall–Kier alpha value is -2.04. The van der Waals surface area contributed by atoms with E-state index in [0.717, 1.165) is 72.6 Å². The predicted octanol–water partition coefficient (Wildman–Crippen LogP) is 5.34. The minimum absolute atomic E-state index is 0.0730. The van der Waals surface area contributed by atoms with Crippen LogP contribution >= 0.6 is 11.3 Å². The number of carbonyl (C=O) groups is 1. The Kier molecular flexibility index (Phi) is 7.07. The summed E-state index contributed by atoms with van der Waals surface area (Å²) in [5.41, 5.74) is 0.840. The maximum Gasteiger partial charge on any atom is 0.230 e. The van der Waals surface area contributed by atoms with Gasteiger partial charge in [0.2, 0.25) is 5.91 Å². The van der Waals surface area contributed by atoms with Gasteiger partial charge in [-0.05, 0) is 84.1 Å². The Bertz CT molecular complexity index is 1000. The monoisotopic (exact) mass is 470 g/mol. The third-order valence-electron chi connectivity index (χ3n) is 6.90. The first-order chi connectivity index (χ1) is 15.6. The molecular formula is C26H38N4O2S. The summed E-state index contributed by atoms with van der Waals surface area (Å²) in [5.74, 6) is 8.49. The van der Waals surface area contributed by atoms with Crippen LogP contribution in [0.5, 0.6) is 0 Å². The Morgan fingerprint density at radius 2 is 1.82 bits per heavy atom. The van der Waals surface area contributed by atoms with Crippen molar-refractivity contribution in [1.29, 1.82) is 0 Å². The van der Waals surface area contributed by atoms with Gasteiger partial charge in [-0.15, -0.1) is 16.4 Å². The second-order valence-electron chi connectivity index (χ2n) is 11.0. The molecule has 0 spiro atoms. The Balaban J connectivity index is 1.74. The Morgan fingerprint density at radius 1 is 1.18 bits per heavy atom. The number of nitrogens with one attached hydrogen (secondary N) is 1. The molecule has 2 N–H and O–H groups in total. The van der Waals surface area contributed by atoms with E-state index in [1.807, 2.05) is 7.05 Å². The molecule has 33 heavy (non-hydrogen) atoms.